The van der Waals surface area contributed by atoms with Gasteiger partial charge in [0.2, 0.25) is 0 Å². The molecule has 152 valence electrons. The Kier molecular flexibility index (Phi) is 8.56. The van der Waals surface area contributed by atoms with E-state index in [0.717, 1.165) is 11.3 Å². The molecule has 0 spiro atoms. The molecule has 0 fully saturated rings. The molecule has 0 radical (unpaired) electrons. The lowest BCUT2D eigenvalue weighted by Gasteiger charge is -2.13. The molecule has 0 unspecified atom stereocenters. The van der Waals surface area contributed by atoms with E-state index in [2.05, 4.69) is 21.2 Å². The first kappa shape index (κ1) is 22.3. The number of carbonyl (C=O) groups excluding carboxylic acids is 1. The first-order chi connectivity index (χ1) is 14.0. The van der Waals surface area contributed by atoms with Crippen molar-refractivity contribution in [2.75, 3.05) is 20.3 Å². The van der Waals surface area contributed by atoms with Crippen LogP contribution in [0.1, 0.15) is 25.0 Å². The van der Waals surface area contributed by atoms with E-state index in [1.165, 1.54) is 6.08 Å². The first-order valence-corrected chi connectivity index (χ1v) is 9.93. The van der Waals surface area contributed by atoms with E-state index in [1.54, 1.807) is 19.2 Å². The molecule has 0 bridgehead atoms. The molecule has 1 amide bonds. The quantitative estimate of drug-likeness (QED) is 0.442. The molecular formula is C22H23BrN2O4. The van der Waals surface area contributed by atoms with Gasteiger partial charge in [-0.2, -0.15) is 5.26 Å². The molecule has 29 heavy (non-hydrogen) atoms. The Hall–Kier alpha value is -2.98. The number of methoxy groups -OCH3 is 1. The molecule has 6 nitrogen and oxygen atoms in total. The lowest BCUT2D eigenvalue weighted by molar-refractivity contribution is -0.117. The Morgan fingerprint density at radius 3 is 2.45 bits per heavy atom. The van der Waals surface area contributed by atoms with Gasteiger partial charge in [-0.15, -0.1) is 0 Å². The summed E-state index contributed by atoms with van der Waals surface area (Å²) >= 11 is 3.46. The van der Waals surface area contributed by atoms with Gasteiger partial charge in [0.15, 0.2) is 11.5 Å². The standard InChI is InChI=1S/C22H23BrN2O4/c1-4-28-20-12-16(11-19(23)21(20)29-5-2)10-17(13-24)22(26)25-14-15-6-8-18(27-3)9-7-15/h6-12H,4-5,14H2,1-3H3,(H,25,26)/b17-10-. The summed E-state index contributed by atoms with van der Waals surface area (Å²) in [6.45, 7) is 5.02. The Morgan fingerprint density at radius 2 is 1.86 bits per heavy atom. The van der Waals surface area contributed by atoms with Crippen LogP contribution in [0.3, 0.4) is 0 Å². The average Bonchev–Trinajstić information content (AvgIpc) is 2.73. The highest BCUT2D eigenvalue weighted by atomic mass is 79.9. The van der Waals surface area contributed by atoms with Gasteiger partial charge in [0, 0.05) is 6.54 Å². The molecule has 0 saturated heterocycles. The van der Waals surface area contributed by atoms with Crippen LogP contribution in [0, 0.1) is 11.3 Å². The highest BCUT2D eigenvalue weighted by Crippen LogP contribution is 2.37. The van der Waals surface area contributed by atoms with Gasteiger partial charge in [0.05, 0.1) is 24.8 Å². The van der Waals surface area contributed by atoms with E-state index >= 15 is 0 Å². The predicted octanol–water partition coefficient (Wildman–Crippen LogP) is 4.48. The SMILES string of the molecule is CCOc1cc(/C=C(/C#N)C(=O)NCc2ccc(OC)cc2)cc(Br)c1OCC. The first-order valence-electron chi connectivity index (χ1n) is 9.14. The monoisotopic (exact) mass is 458 g/mol. The van der Waals surface area contributed by atoms with Crippen LogP contribution < -0.4 is 19.5 Å². The Balaban J connectivity index is 2.18. The van der Waals surface area contributed by atoms with Crippen molar-refractivity contribution in [1.82, 2.24) is 5.32 Å². The number of nitriles is 1. The number of hydrogen-bond donors (Lipinski definition) is 1. The van der Waals surface area contributed by atoms with Crippen LogP contribution in [0.15, 0.2) is 46.4 Å². The number of nitrogens with zero attached hydrogens (tertiary/aromatic N) is 1. The molecule has 1 N–H and O–H groups in total. The molecule has 0 heterocycles. The second kappa shape index (κ2) is 11.1. The van der Waals surface area contributed by atoms with E-state index in [1.807, 2.05) is 44.2 Å². The zero-order valence-electron chi connectivity index (χ0n) is 16.6. The minimum atomic E-state index is -0.453. The Labute approximate surface area is 179 Å². The molecule has 0 aliphatic rings. The molecule has 2 aromatic rings. The van der Waals surface area contributed by atoms with Crippen molar-refractivity contribution in [3.05, 3.63) is 57.6 Å². The number of hydrogen-bond acceptors (Lipinski definition) is 5. The number of rotatable bonds is 9. The molecule has 2 rings (SSSR count). The van der Waals surface area contributed by atoms with Gasteiger partial charge < -0.3 is 19.5 Å². The number of carbonyl (C=O) groups is 1. The summed E-state index contributed by atoms with van der Waals surface area (Å²) in [6.07, 6.45) is 1.52. The second-order valence-corrected chi connectivity index (χ2v) is 6.75. The van der Waals surface area contributed by atoms with Crippen molar-refractivity contribution in [2.24, 2.45) is 0 Å². The maximum atomic E-state index is 12.4. The highest BCUT2D eigenvalue weighted by molar-refractivity contribution is 9.10. The van der Waals surface area contributed by atoms with Gasteiger partial charge in [-0.1, -0.05) is 12.1 Å². The second-order valence-electron chi connectivity index (χ2n) is 5.90. The van der Waals surface area contributed by atoms with Gasteiger partial charge in [0.1, 0.15) is 17.4 Å². The smallest absolute Gasteiger partial charge is 0.262 e. The number of ether oxygens (including phenoxy) is 3. The predicted molar refractivity (Wildman–Crippen MR) is 115 cm³/mol. The lowest BCUT2D eigenvalue weighted by Crippen LogP contribution is -2.23. The third kappa shape index (κ3) is 6.26. The maximum Gasteiger partial charge on any atom is 0.262 e. The normalized spacial score (nSPS) is 10.8. The number of halogens is 1. The summed E-state index contributed by atoms with van der Waals surface area (Å²) in [4.78, 5) is 12.4. The van der Waals surface area contributed by atoms with E-state index < -0.39 is 5.91 Å². The molecule has 0 aliphatic carbocycles. The third-order valence-electron chi connectivity index (χ3n) is 3.91. The summed E-state index contributed by atoms with van der Waals surface area (Å²) in [5.41, 5.74) is 1.55. The van der Waals surface area contributed by atoms with Gasteiger partial charge >= 0.3 is 0 Å². The molecule has 0 saturated carbocycles. The van der Waals surface area contributed by atoms with Crippen LogP contribution in [0.2, 0.25) is 0 Å². The van der Waals surface area contributed by atoms with Gasteiger partial charge in [-0.3, -0.25) is 4.79 Å². The zero-order chi connectivity index (χ0) is 21.2. The number of amides is 1. The van der Waals surface area contributed by atoms with Crippen LogP contribution in [0.4, 0.5) is 0 Å². The fourth-order valence-corrected chi connectivity index (χ4v) is 3.13. The summed E-state index contributed by atoms with van der Waals surface area (Å²) in [5, 5.41) is 12.2. The van der Waals surface area contributed by atoms with Crippen LogP contribution in [-0.2, 0) is 11.3 Å². The van der Waals surface area contributed by atoms with E-state index in [4.69, 9.17) is 14.2 Å². The lowest BCUT2D eigenvalue weighted by atomic mass is 10.1. The van der Waals surface area contributed by atoms with Crippen molar-refractivity contribution in [1.29, 1.82) is 5.26 Å². The van der Waals surface area contributed by atoms with Crippen molar-refractivity contribution in [2.45, 2.75) is 20.4 Å². The van der Waals surface area contributed by atoms with Crippen LogP contribution in [0.5, 0.6) is 17.2 Å². The van der Waals surface area contributed by atoms with Crippen molar-refractivity contribution >= 4 is 27.9 Å². The summed E-state index contributed by atoms with van der Waals surface area (Å²) in [5.74, 6) is 1.43. The van der Waals surface area contributed by atoms with Crippen molar-refractivity contribution in [3.8, 4) is 23.3 Å². The zero-order valence-corrected chi connectivity index (χ0v) is 18.2. The van der Waals surface area contributed by atoms with Crippen LogP contribution in [0.25, 0.3) is 6.08 Å². The van der Waals surface area contributed by atoms with Gasteiger partial charge in [-0.05, 0) is 71.2 Å². The van der Waals surface area contributed by atoms with Crippen LogP contribution in [-0.4, -0.2) is 26.2 Å². The fourth-order valence-electron chi connectivity index (χ4n) is 2.55. The molecule has 0 aromatic heterocycles. The molecular weight excluding hydrogens is 436 g/mol. The highest BCUT2D eigenvalue weighted by Gasteiger charge is 2.14. The molecule has 0 aliphatic heterocycles. The average molecular weight is 459 g/mol. The topological polar surface area (TPSA) is 80.6 Å². The van der Waals surface area contributed by atoms with Crippen molar-refractivity contribution in [3.63, 3.8) is 0 Å². The van der Waals surface area contributed by atoms with Crippen LogP contribution >= 0.6 is 15.9 Å². The Morgan fingerprint density at radius 1 is 1.17 bits per heavy atom. The summed E-state index contributed by atoms with van der Waals surface area (Å²) in [6, 6.07) is 12.8. The molecule has 0 atom stereocenters. The van der Waals surface area contributed by atoms with Gasteiger partial charge in [0.25, 0.3) is 5.91 Å². The van der Waals surface area contributed by atoms with Gasteiger partial charge in [-0.25, -0.2) is 0 Å². The molecule has 7 heteroatoms. The third-order valence-corrected chi connectivity index (χ3v) is 4.50. The van der Waals surface area contributed by atoms with E-state index in [0.29, 0.717) is 41.3 Å². The van der Waals surface area contributed by atoms with E-state index in [9.17, 15) is 10.1 Å². The number of nitrogens with one attached hydrogen (secondary N) is 1. The minimum Gasteiger partial charge on any atom is -0.497 e. The minimum absolute atomic E-state index is 0.00276. The van der Waals surface area contributed by atoms with Crippen molar-refractivity contribution < 1.29 is 19.0 Å². The van der Waals surface area contributed by atoms with E-state index in [-0.39, 0.29) is 5.57 Å². The maximum absolute atomic E-state index is 12.4. The number of benzene rings is 2. The Bertz CT molecular complexity index is 918. The fraction of sp³-hybridized carbons (Fsp3) is 0.273. The molecule has 2 aromatic carbocycles. The summed E-state index contributed by atoms with van der Waals surface area (Å²) in [7, 11) is 1.59. The largest absolute Gasteiger partial charge is 0.497 e. The summed E-state index contributed by atoms with van der Waals surface area (Å²) < 4.78 is 17.0.